The number of hydrogen-bond donors (Lipinski definition) is 2. The summed E-state index contributed by atoms with van der Waals surface area (Å²) in [5, 5.41) is 7.14. The summed E-state index contributed by atoms with van der Waals surface area (Å²) < 4.78 is 7.05. The maximum atomic E-state index is 12.1. The summed E-state index contributed by atoms with van der Waals surface area (Å²) in [6, 6.07) is 9.54. The van der Waals surface area contributed by atoms with Gasteiger partial charge in [0, 0.05) is 6.54 Å². The number of rotatable bonds is 8. The fourth-order valence-electron chi connectivity index (χ4n) is 2.64. The minimum atomic E-state index is -0.245. The number of nitrogens with one attached hydrogen (secondary N) is 1. The van der Waals surface area contributed by atoms with Crippen LogP contribution in [0.2, 0.25) is 0 Å². The predicted molar refractivity (Wildman–Crippen MR) is 99.9 cm³/mol. The number of benzene rings is 1. The van der Waals surface area contributed by atoms with E-state index in [1.54, 1.807) is 10.9 Å². The molecule has 7 nitrogen and oxygen atoms in total. The molecule has 0 saturated carbocycles. The van der Waals surface area contributed by atoms with Crippen molar-refractivity contribution in [3.63, 3.8) is 0 Å². The Labute approximate surface area is 152 Å². The average Bonchev–Trinajstić information content (AvgIpc) is 3.29. The molecule has 136 valence electrons. The highest BCUT2D eigenvalue weighted by molar-refractivity contribution is 5.92. The van der Waals surface area contributed by atoms with Gasteiger partial charge in [0.15, 0.2) is 5.69 Å². The van der Waals surface area contributed by atoms with E-state index < -0.39 is 0 Å². The molecule has 0 atom stereocenters. The van der Waals surface area contributed by atoms with Crippen molar-refractivity contribution in [2.45, 2.75) is 32.6 Å². The molecule has 0 fully saturated rings. The molecule has 0 saturated heterocycles. The van der Waals surface area contributed by atoms with Gasteiger partial charge in [-0.2, -0.15) is 5.10 Å². The van der Waals surface area contributed by atoms with Gasteiger partial charge in [-0.05, 0) is 18.6 Å². The van der Waals surface area contributed by atoms with Gasteiger partial charge in [-0.1, -0.05) is 44.4 Å². The molecule has 1 amide bonds. The third-order valence-corrected chi connectivity index (χ3v) is 4.09. The molecular formula is C19H23N5O2. The second-order valence-corrected chi connectivity index (χ2v) is 6.05. The molecular weight excluding hydrogens is 330 g/mol. The molecule has 0 aliphatic heterocycles. The van der Waals surface area contributed by atoms with Gasteiger partial charge in [0.05, 0.1) is 17.4 Å². The van der Waals surface area contributed by atoms with Crippen molar-refractivity contribution in [1.29, 1.82) is 0 Å². The second kappa shape index (κ2) is 8.33. The number of aromatic nitrogens is 3. The lowest BCUT2D eigenvalue weighted by Gasteiger charge is -2.03. The van der Waals surface area contributed by atoms with Crippen molar-refractivity contribution >= 4 is 11.7 Å². The number of nitrogen functional groups attached to an aromatic ring is 1. The minimum Gasteiger partial charge on any atom is -0.443 e. The van der Waals surface area contributed by atoms with E-state index in [1.165, 1.54) is 19.1 Å². The largest absolute Gasteiger partial charge is 0.443 e. The number of carbonyl (C=O) groups excluding carboxylic acids is 1. The maximum absolute atomic E-state index is 12.1. The zero-order valence-corrected chi connectivity index (χ0v) is 14.8. The van der Waals surface area contributed by atoms with Gasteiger partial charge in [-0.25, -0.2) is 9.67 Å². The topological polar surface area (TPSA) is 99.0 Å². The summed E-state index contributed by atoms with van der Waals surface area (Å²) in [4.78, 5) is 16.4. The summed E-state index contributed by atoms with van der Waals surface area (Å²) in [6.45, 7) is 2.79. The van der Waals surface area contributed by atoms with Gasteiger partial charge >= 0.3 is 0 Å². The van der Waals surface area contributed by atoms with E-state index in [4.69, 9.17) is 10.2 Å². The SMILES string of the molecule is CCCCCCNC(=O)c1coc(-c2cnn(-c3ccccc3)c2N)n1. The van der Waals surface area contributed by atoms with Crippen LogP contribution in [0.15, 0.2) is 47.2 Å². The molecule has 26 heavy (non-hydrogen) atoms. The van der Waals surface area contributed by atoms with Crippen molar-refractivity contribution in [3.05, 3.63) is 48.5 Å². The molecule has 2 heterocycles. The smallest absolute Gasteiger partial charge is 0.273 e. The van der Waals surface area contributed by atoms with Crippen LogP contribution in [0, 0.1) is 0 Å². The van der Waals surface area contributed by atoms with Gasteiger partial charge in [-0.3, -0.25) is 4.79 Å². The van der Waals surface area contributed by atoms with E-state index >= 15 is 0 Å². The molecule has 0 aliphatic rings. The van der Waals surface area contributed by atoms with Gasteiger partial charge in [0.2, 0.25) is 5.89 Å². The van der Waals surface area contributed by atoms with E-state index in [9.17, 15) is 4.79 Å². The first-order valence-electron chi connectivity index (χ1n) is 8.83. The highest BCUT2D eigenvalue weighted by Gasteiger charge is 2.18. The number of carbonyl (C=O) groups is 1. The quantitative estimate of drug-likeness (QED) is 0.605. The van der Waals surface area contributed by atoms with Crippen LogP contribution in [-0.4, -0.2) is 27.2 Å². The molecule has 1 aromatic carbocycles. The van der Waals surface area contributed by atoms with Crippen LogP contribution in [0.1, 0.15) is 43.1 Å². The standard InChI is InChI=1S/C19H23N5O2/c1-2-3-4-8-11-21-18(25)16-13-26-19(23-16)15-12-22-24(17(15)20)14-9-6-5-7-10-14/h5-7,9-10,12-13H,2-4,8,11,20H2,1H3,(H,21,25). The van der Waals surface area contributed by atoms with Crippen LogP contribution >= 0.6 is 0 Å². The first-order valence-corrected chi connectivity index (χ1v) is 8.83. The zero-order valence-electron chi connectivity index (χ0n) is 14.8. The molecule has 0 radical (unpaired) electrons. The van der Waals surface area contributed by atoms with Gasteiger partial charge in [0.25, 0.3) is 5.91 Å². The molecule has 3 aromatic rings. The lowest BCUT2D eigenvalue weighted by Crippen LogP contribution is -2.24. The zero-order chi connectivity index (χ0) is 18.4. The summed E-state index contributed by atoms with van der Waals surface area (Å²) in [6.07, 6.45) is 7.33. The van der Waals surface area contributed by atoms with Crippen LogP contribution in [-0.2, 0) is 0 Å². The number of nitrogens with zero attached hydrogens (tertiary/aromatic N) is 3. The average molecular weight is 353 g/mol. The number of amides is 1. The molecule has 7 heteroatoms. The van der Waals surface area contributed by atoms with Crippen molar-refractivity contribution < 1.29 is 9.21 Å². The number of para-hydroxylation sites is 1. The van der Waals surface area contributed by atoms with Crippen LogP contribution in [0.4, 0.5) is 5.82 Å². The number of nitrogens with two attached hydrogens (primary N) is 1. The fraction of sp³-hybridized carbons (Fsp3) is 0.316. The maximum Gasteiger partial charge on any atom is 0.273 e. The molecule has 3 N–H and O–H groups in total. The number of anilines is 1. The van der Waals surface area contributed by atoms with E-state index in [0.717, 1.165) is 18.5 Å². The first kappa shape index (κ1) is 17.7. The lowest BCUT2D eigenvalue weighted by atomic mass is 10.2. The van der Waals surface area contributed by atoms with Gasteiger partial charge in [-0.15, -0.1) is 0 Å². The highest BCUT2D eigenvalue weighted by atomic mass is 16.3. The normalized spacial score (nSPS) is 10.8. The number of oxazole rings is 1. The number of unbranched alkanes of at least 4 members (excludes halogenated alkanes) is 3. The predicted octanol–water partition coefficient (Wildman–Crippen LogP) is 3.42. The molecule has 0 spiro atoms. The monoisotopic (exact) mass is 353 g/mol. The van der Waals surface area contributed by atoms with E-state index in [-0.39, 0.29) is 17.5 Å². The Balaban J connectivity index is 1.68. The van der Waals surface area contributed by atoms with Crippen LogP contribution in [0.5, 0.6) is 0 Å². The summed E-state index contributed by atoms with van der Waals surface area (Å²) in [5.74, 6) is 0.441. The Hall–Kier alpha value is -3.09. The van der Waals surface area contributed by atoms with Gasteiger partial charge < -0.3 is 15.5 Å². The van der Waals surface area contributed by atoms with Crippen LogP contribution in [0.3, 0.4) is 0 Å². The molecule has 2 aromatic heterocycles. The minimum absolute atomic E-state index is 0.238. The molecule has 0 unspecified atom stereocenters. The molecule has 0 bridgehead atoms. The summed E-state index contributed by atoms with van der Waals surface area (Å²) >= 11 is 0. The van der Waals surface area contributed by atoms with Crippen molar-refractivity contribution in [1.82, 2.24) is 20.1 Å². The Morgan fingerprint density at radius 2 is 2.04 bits per heavy atom. The van der Waals surface area contributed by atoms with E-state index in [1.807, 2.05) is 30.3 Å². The Morgan fingerprint density at radius 3 is 2.81 bits per heavy atom. The Bertz CT molecular complexity index is 854. The second-order valence-electron chi connectivity index (χ2n) is 6.05. The van der Waals surface area contributed by atoms with Crippen LogP contribution in [0.25, 0.3) is 17.1 Å². The third kappa shape index (κ3) is 3.93. The Kier molecular flexibility index (Phi) is 5.68. The third-order valence-electron chi connectivity index (χ3n) is 4.09. The molecule has 3 rings (SSSR count). The van der Waals surface area contributed by atoms with E-state index in [2.05, 4.69) is 22.3 Å². The van der Waals surface area contributed by atoms with Crippen molar-refractivity contribution in [3.8, 4) is 17.1 Å². The fourth-order valence-corrected chi connectivity index (χ4v) is 2.64. The molecule has 0 aliphatic carbocycles. The Morgan fingerprint density at radius 1 is 1.23 bits per heavy atom. The number of hydrogen-bond acceptors (Lipinski definition) is 5. The highest BCUT2D eigenvalue weighted by Crippen LogP contribution is 2.27. The first-order chi connectivity index (χ1) is 12.7. The lowest BCUT2D eigenvalue weighted by molar-refractivity contribution is 0.0948. The van der Waals surface area contributed by atoms with Gasteiger partial charge in [0.1, 0.15) is 12.1 Å². The van der Waals surface area contributed by atoms with E-state index in [0.29, 0.717) is 17.9 Å². The summed E-state index contributed by atoms with van der Waals surface area (Å²) in [7, 11) is 0. The van der Waals surface area contributed by atoms with Crippen LogP contribution < -0.4 is 11.1 Å². The summed E-state index contributed by atoms with van der Waals surface area (Å²) in [5.41, 5.74) is 7.81. The van der Waals surface area contributed by atoms with Crippen molar-refractivity contribution in [2.75, 3.05) is 12.3 Å². The van der Waals surface area contributed by atoms with Crippen molar-refractivity contribution in [2.24, 2.45) is 0 Å².